The Morgan fingerprint density at radius 3 is 2.60 bits per heavy atom. The zero-order valence-electron chi connectivity index (χ0n) is 24.3. The molecule has 0 aromatic carbocycles. The van der Waals surface area contributed by atoms with Crippen molar-refractivity contribution in [3.63, 3.8) is 0 Å². The van der Waals surface area contributed by atoms with Crippen LogP contribution in [0, 0.1) is 6.92 Å². The lowest BCUT2D eigenvalue weighted by Gasteiger charge is -2.35. The molecule has 12 heteroatoms. The number of piperazine rings is 1. The Labute approximate surface area is 235 Å². The molecular formula is C28H40N8O4. The Morgan fingerprint density at radius 1 is 1.12 bits per heavy atom. The van der Waals surface area contributed by atoms with E-state index in [0.29, 0.717) is 63.6 Å². The van der Waals surface area contributed by atoms with E-state index in [1.807, 2.05) is 63.3 Å². The minimum absolute atomic E-state index is 0.0470. The van der Waals surface area contributed by atoms with Gasteiger partial charge in [0.05, 0.1) is 31.8 Å². The van der Waals surface area contributed by atoms with Gasteiger partial charge in [-0.1, -0.05) is 0 Å². The molecule has 1 amide bonds. The highest BCUT2D eigenvalue weighted by Gasteiger charge is 2.47. The van der Waals surface area contributed by atoms with Gasteiger partial charge in [0.25, 0.3) is 0 Å². The highest BCUT2D eigenvalue weighted by Crippen LogP contribution is 2.36. The second kappa shape index (κ2) is 11.5. The van der Waals surface area contributed by atoms with Crippen LogP contribution in [0.5, 0.6) is 0 Å². The third-order valence-electron chi connectivity index (χ3n) is 7.03. The first-order valence-corrected chi connectivity index (χ1v) is 14.1. The minimum Gasteiger partial charge on any atom is -0.444 e. The van der Waals surface area contributed by atoms with Crippen LogP contribution in [0.25, 0.3) is 11.0 Å². The number of aryl methyl sites for hydroxylation is 1. The summed E-state index contributed by atoms with van der Waals surface area (Å²) in [5.74, 6) is 1.91. The Morgan fingerprint density at radius 2 is 1.93 bits per heavy atom. The summed E-state index contributed by atoms with van der Waals surface area (Å²) in [5, 5.41) is 8.30. The SMILES string of the molecule is CCOCCn1nc(COCC)c2nc(N3C[C@@H]4C[C@H]3CN4C(=O)OC(C)(C)C)nc(Nc3cc(C)ccn3)c21. The maximum Gasteiger partial charge on any atom is 0.410 e. The number of anilines is 3. The number of carbonyl (C=O) groups is 1. The lowest BCUT2D eigenvalue weighted by atomic mass is 10.2. The molecule has 0 unspecified atom stereocenters. The fourth-order valence-electron chi connectivity index (χ4n) is 5.28. The summed E-state index contributed by atoms with van der Waals surface area (Å²) in [6.45, 7) is 15.4. The summed E-state index contributed by atoms with van der Waals surface area (Å²) >= 11 is 0. The van der Waals surface area contributed by atoms with Crippen LogP contribution in [0.3, 0.4) is 0 Å². The molecule has 2 aliphatic heterocycles. The molecule has 3 aromatic heterocycles. The number of nitrogens with zero attached hydrogens (tertiary/aromatic N) is 7. The molecule has 2 bridgehead atoms. The molecule has 12 nitrogen and oxygen atoms in total. The van der Waals surface area contributed by atoms with E-state index in [2.05, 4.69) is 15.2 Å². The van der Waals surface area contributed by atoms with E-state index >= 15 is 0 Å². The van der Waals surface area contributed by atoms with Crippen molar-refractivity contribution in [3.05, 3.63) is 29.6 Å². The molecule has 2 atom stereocenters. The summed E-state index contributed by atoms with van der Waals surface area (Å²) in [5.41, 5.74) is 2.82. The highest BCUT2D eigenvalue weighted by molar-refractivity contribution is 5.90. The standard InChI is InChI=1S/C28H40N8O4/c1-7-38-12-11-36-24-23(21(33-36)17-39-8-2)31-26(32-25(24)30-22-13-18(3)9-10-29-22)34-15-20-14-19(34)16-35(20)27(37)40-28(4,5)6/h9-10,13,19-20H,7-8,11-12,14-17H2,1-6H3,(H,29,30,31,32)/t19-,20-/m0/s1. The first kappa shape index (κ1) is 28.0. The van der Waals surface area contributed by atoms with Gasteiger partial charge in [-0.25, -0.2) is 14.8 Å². The number of rotatable bonds is 10. The second-order valence-electron chi connectivity index (χ2n) is 11.2. The van der Waals surface area contributed by atoms with E-state index in [9.17, 15) is 4.79 Å². The maximum atomic E-state index is 12.8. The first-order chi connectivity index (χ1) is 19.2. The normalized spacial score (nSPS) is 18.6. The van der Waals surface area contributed by atoms with Gasteiger partial charge in [-0.3, -0.25) is 4.68 Å². The third kappa shape index (κ3) is 5.97. The van der Waals surface area contributed by atoms with E-state index in [-0.39, 0.29) is 18.2 Å². The van der Waals surface area contributed by atoms with Crippen molar-refractivity contribution in [2.45, 2.75) is 78.8 Å². The van der Waals surface area contributed by atoms with Crippen molar-refractivity contribution in [3.8, 4) is 0 Å². The van der Waals surface area contributed by atoms with Gasteiger partial charge in [0.1, 0.15) is 28.1 Å². The van der Waals surface area contributed by atoms with Crippen molar-refractivity contribution in [1.29, 1.82) is 0 Å². The number of fused-ring (bicyclic) bond motifs is 3. The van der Waals surface area contributed by atoms with Crippen LogP contribution in [-0.2, 0) is 27.4 Å². The largest absolute Gasteiger partial charge is 0.444 e. The summed E-state index contributed by atoms with van der Waals surface area (Å²) in [7, 11) is 0. The molecule has 40 heavy (non-hydrogen) atoms. The molecule has 2 saturated heterocycles. The van der Waals surface area contributed by atoms with Crippen molar-refractivity contribution >= 4 is 34.7 Å². The fraction of sp³-hybridized carbons (Fsp3) is 0.607. The quantitative estimate of drug-likeness (QED) is 0.369. The Balaban J connectivity index is 1.51. The maximum absolute atomic E-state index is 12.8. The molecule has 0 aliphatic carbocycles. The van der Waals surface area contributed by atoms with Crippen LogP contribution in [0.15, 0.2) is 18.3 Å². The predicted molar refractivity (Wildman–Crippen MR) is 152 cm³/mol. The molecule has 2 aliphatic rings. The van der Waals surface area contributed by atoms with Crippen molar-refractivity contribution in [2.75, 3.05) is 43.1 Å². The zero-order valence-corrected chi connectivity index (χ0v) is 24.3. The average Bonchev–Trinajstić information content (AvgIpc) is 3.60. The van der Waals surface area contributed by atoms with E-state index in [1.165, 1.54) is 0 Å². The monoisotopic (exact) mass is 552 g/mol. The Bertz CT molecular complexity index is 1350. The Hall–Kier alpha value is -3.51. The van der Waals surface area contributed by atoms with Gasteiger partial charge in [-0.15, -0.1) is 0 Å². The molecule has 5 heterocycles. The average molecular weight is 553 g/mol. The van der Waals surface area contributed by atoms with Crippen LogP contribution in [0.4, 0.5) is 22.4 Å². The molecule has 3 aromatic rings. The number of ether oxygens (including phenoxy) is 3. The lowest BCUT2D eigenvalue weighted by molar-refractivity contribution is 0.0214. The number of amides is 1. The van der Waals surface area contributed by atoms with E-state index in [1.54, 1.807) is 6.20 Å². The smallest absolute Gasteiger partial charge is 0.410 e. The van der Waals surface area contributed by atoms with Crippen LogP contribution in [0.2, 0.25) is 0 Å². The predicted octanol–water partition coefficient (Wildman–Crippen LogP) is 4.04. The van der Waals surface area contributed by atoms with Crippen LogP contribution >= 0.6 is 0 Å². The fourth-order valence-corrected chi connectivity index (χ4v) is 5.28. The summed E-state index contributed by atoms with van der Waals surface area (Å²) in [6, 6.07) is 4.08. The van der Waals surface area contributed by atoms with E-state index in [4.69, 9.17) is 29.3 Å². The molecule has 216 valence electrons. The van der Waals surface area contributed by atoms with Gasteiger partial charge in [0, 0.05) is 32.5 Å². The Kier molecular flexibility index (Phi) is 8.09. The van der Waals surface area contributed by atoms with Gasteiger partial charge in [-0.05, 0) is 65.7 Å². The highest BCUT2D eigenvalue weighted by atomic mass is 16.6. The van der Waals surface area contributed by atoms with Gasteiger partial charge >= 0.3 is 6.09 Å². The summed E-state index contributed by atoms with van der Waals surface area (Å²) < 4.78 is 18.9. The number of pyridine rings is 1. The van der Waals surface area contributed by atoms with Crippen LogP contribution in [-0.4, -0.2) is 86.3 Å². The number of hydrogen-bond acceptors (Lipinski definition) is 10. The molecular weight excluding hydrogens is 512 g/mol. The van der Waals surface area contributed by atoms with Crippen molar-refractivity contribution < 1.29 is 19.0 Å². The van der Waals surface area contributed by atoms with E-state index < -0.39 is 5.60 Å². The zero-order chi connectivity index (χ0) is 28.4. The third-order valence-corrected chi connectivity index (χ3v) is 7.03. The van der Waals surface area contributed by atoms with Crippen LogP contribution < -0.4 is 10.2 Å². The molecule has 5 rings (SSSR count). The number of nitrogens with one attached hydrogen (secondary N) is 1. The van der Waals surface area contributed by atoms with Crippen molar-refractivity contribution in [2.24, 2.45) is 0 Å². The van der Waals surface area contributed by atoms with Gasteiger partial charge in [-0.2, -0.15) is 10.1 Å². The van der Waals surface area contributed by atoms with Crippen LogP contribution in [0.1, 0.15) is 52.3 Å². The minimum atomic E-state index is -0.531. The molecule has 0 spiro atoms. The lowest BCUT2D eigenvalue weighted by Crippen LogP contribution is -2.50. The van der Waals surface area contributed by atoms with Crippen molar-refractivity contribution in [1.82, 2.24) is 29.6 Å². The number of aromatic nitrogens is 5. The topological polar surface area (TPSA) is 120 Å². The summed E-state index contributed by atoms with van der Waals surface area (Å²) in [4.78, 5) is 31.4. The first-order valence-electron chi connectivity index (χ1n) is 14.1. The number of hydrogen-bond donors (Lipinski definition) is 1. The molecule has 1 N–H and O–H groups in total. The van der Waals surface area contributed by atoms with Gasteiger partial charge < -0.3 is 29.3 Å². The van der Waals surface area contributed by atoms with Gasteiger partial charge in [0.15, 0.2) is 5.82 Å². The summed E-state index contributed by atoms with van der Waals surface area (Å²) in [6.07, 6.45) is 2.36. The number of carbonyl (C=O) groups excluding carboxylic acids is 1. The molecule has 0 saturated carbocycles. The van der Waals surface area contributed by atoms with Gasteiger partial charge in [0.2, 0.25) is 5.95 Å². The molecule has 0 radical (unpaired) electrons. The van der Waals surface area contributed by atoms with E-state index in [0.717, 1.165) is 28.7 Å². The molecule has 2 fully saturated rings. The number of likely N-dealkylation sites (tertiary alicyclic amines) is 1. The second-order valence-corrected chi connectivity index (χ2v) is 11.2.